The van der Waals surface area contributed by atoms with Crippen molar-refractivity contribution in [1.29, 1.82) is 0 Å². The highest BCUT2D eigenvalue weighted by atomic mass is 16.2. The number of benzene rings is 2. The van der Waals surface area contributed by atoms with Crippen molar-refractivity contribution < 1.29 is 9.59 Å². The Hall–Kier alpha value is -3.74. The minimum Gasteiger partial charge on any atom is -0.368 e. The lowest BCUT2D eigenvalue weighted by Crippen LogP contribution is -2.31. The van der Waals surface area contributed by atoms with Crippen molar-refractivity contribution in [3.63, 3.8) is 0 Å². The van der Waals surface area contributed by atoms with E-state index in [0.717, 1.165) is 24.0 Å². The highest BCUT2D eigenvalue weighted by Gasteiger charge is 2.33. The molecule has 1 saturated heterocycles. The molecule has 7 heteroatoms. The lowest BCUT2D eigenvalue weighted by Gasteiger charge is -2.26. The number of aromatic nitrogens is 2. The van der Waals surface area contributed by atoms with Gasteiger partial charge < -0.3 is 16.4 Å². The normalized spacial score (nSPS) is 16.0. The van der Waals surface area contributed by atoms with Crippen LogP contribution in [0.4, 0.5) is 5.95 Å². The molecule has 2 heterocycles. The Morgan fingerprint density at radius 3 is 2.55 bits per heavy atom. The van der Waals surface area contributed by atoms with Gasteiger partial charge in [0.2, 0.25) is 11.9 Å². The van der Waals surface area contributed by atoms with Gasteiger partial charge in [-0.3, -0.25) is 9.59 Å². The van der Waals surface area contributed by atoms with E-state index in [1.807, 2.05) is 41.3 Å². The molecule has 4 rings (SSSR count). The fraction of sp³-hybridized carbons (Fsp3) is 0.182. The van der Waals surface area contributed by atoms with E-state index in [1.54, 1.807) is 24.4 Å². The molecule has 2 aromatic carbocycles. The van der Waals surface area contributed by atoms with E-state index in [2.05, 4.69) is 9.97 Å². The highest BCUT2D eigenvalue weighted by Crippen LogP contribution is 2.37. The SMILES string of the molecule is NC(=O)c1cccc(-c2cnc(N)nc2[C@H]2CCCN2C(=O)c2ccccc2)c1. The number of nitrogen functional groups attached to an aromatic ring is 1. The lowest BCUT2D eigenvalue weighted by molar-refractivity contribution is 0.0733. The number of anilines is 1. The van der Waals surface area contributed by atoms with Crippen LogP contribution < -0.4 is 11.5 Å². The maximum atomic E-state index is 13.1. The van der Waals surface area contributed by atoms with E-state index >= 15 is 0 Å². The summed E-state index contributed by atoms with van der Waals surface area (Å²) in [5, 5.41) is 0. The summed E-state index contributed by atoms with van der Waals surface area (Å²) in [7, 11) is 0. The molecule has 0 aliphatic carbocycles. The second kappa shape index (κ2) is 7.71. The molecular weight excluding hydrogens is 366 g/mol. The quantitative estimate of drug-likeness (QED) is 0.714. The van der Waals surface area contributed by atoms with Gasteiger partial charge in [0.25, 0.3) is 5.91 Å². The van der Waals surface area contributed by atoms with Crippen LogP contribution in [0.3, 0.4) is 0 Å². The Balaban J connectivity index is 1.76. The third-order valence-electron chi connectivity index (χ3n) is 5.15. The van der Waals surface area contributed by atoms with Gasteiger partial charge in [-0.05, 0) is 42.7 Å². The molecule has 2 amide bonds. The van der Waals surface area contributed by atoms with Crippen LogP contribution in [0.5, 0.6) is 0 Å². The first-order chi connectivity index (χ1) is 14.0. The molecular formula is C22H21N5O2. The number of likely N-dealkylation sites (tertiary alicyclic amines) is 1. The molecule has 1 aromatic heterocycles. The fourth-order valence-electron chi connectivity index (χ4n) is 3.77. The molecule has 4 N–H and O–H groups in total. The monoisotopic (exact) mass is 387 g/mol. The van der Waals surface area contributed by atoms with Gasteiger partial charge in [0, 0.05) is 29.4 Å². The molecule has 0 saturated carbocycles. The summed E-state index contributed by atoms with van der Waals surface area (Å²) in [5.41, 5.74) is 14.5. The Labute approximate surface area is 168 Å². The largest absolute Gasteiger partial charge is 0.368 e. The second-order valence-electron chi connectivity index (χ2n) is 6.99. The van der Waals surface area contributed by atoms with E-state index in [4.69, 9.17) is 11.5 Å². The average molecular weight is 387 g/mol. The van der Waals surface area contributed by atoms with Gasteiger partial charge in [0.15, 0.2) is 0 Å². The van der Waals surface area contributed by atoms with Gasteiger partial charge in [-0.1, -0.05) is 30.3 Å². The van der Waals surface area contributed by atoms with E-state index in [9.17, 15) is 9.59 Å². The van der Waals surface area contributed by atoms with Crippen molar-refractivity contribution in [3.05, 3.63) is 77.6 Å². The molecule has 0 radical (unpaired) electrons. The first-order valence-electron chi connectivity index (χ1n) is 9.43. The zero-order valence-electron chi connectivity index (χ0n) is 15.8. The van der Waals surface area contributed by atoms with E-state index in [0.29, 0.717) is 23.4 Å². The van der Waals surface area contributed by atoms with Crippen LogP contribution in [-0.2, 0) is 0 Å². The Kier molecular flexibility index (Phi) is 4.95. The summed E-state index contributed by atoms with van der Waals surface area (Å²) in [6, 6.07) is 16.0. The van der Waals surface area contributed by atoms with Crippen LogP contribution in [0.15, 0.2) is 60.8 Å². The molecule has 1 atom stereocenters. The summed E-state index contributed by atoms with van der Waals surface area (Å²) >= 11 is 0. The number of carbonyl (C=O) groups excluding carboxylic acids is 2. The van der Waals surface area contributed by atoms with Crippen molar-refractivity contribution >= 4 is 17.8 Å². The fourth-order valence-corrected chi connectivity index (χ4v) is 3.77. The number of nitrogens with two attached hydrogens (primary N) is 2. The molecule has 1 fully saturated rings. The molecule has 0 spiro atoms. The molecule has 1 aliphatic rings. The van der Waals surface area contributed by atoms with Crippen LogP contribution >= 0.6 is 0 Å². The zero-order chi connectivity index (χ0) is 20.4. The lowest BCUT2D eigenvalue weighted by atomic mass is 9.98. The van der Waals surface area contributed by atoms with E-state index in [1.165, 1.54) is 0 Å². The number of hydrogen-bond donors (Lipinski definition) is 2. The van der Waals surface area contributed by atoms with Crippen molar-refractivity contribution in [1.82, 2.24) is 14.9 Å². The number of hydrogen-bond acceptors (Lipinski definition) is 5. The summed E-state index contributed by atoms with van der Waals surface area (Å²) in [6.45, 7) is 0.642. The van der Waals surface area contributed by atoms with Crippen molar-refractivity contribution in [2.75, 3.05) is 12.3 Å². The van der Waals surface area contributed by atoms with Crippen molar-refractivity contribution in [2.45, 2.75) is 18.9 Å². The van der Waals surface area contributed by atoms with Crippen LogP contribution in [0.2, 0.25) is 0 Å². The second-order valence-corrected chi connectivity index (χ2v) is 6.99. The van der Waals surface area contributed by atoms with Gasteiger partial charge in [-0.25, -0.2) is 9.97 Å². The third kappa shape index (κ3) is 3.67. The summed E-state index contributed by atoms with van der Waals surface area (Å²) in [6.07, 6.45) is 3.28. The number of carbonyl (C=O) groups is 2. The highest BCUT2D eigenvalue weighted by molar-refractivity contribution is 5.95. The maximum Gasteiger partial charge on any atom is 0.254 e. The summed E-state index contributed by atoms with van der Waals surface area (Å²) in [5.74, 6) is -0.401. The number of amides is 2. The minimum absolute atomic E-state index is 0.0397. The minimum atomic E-state index is -0.508. The van der Waals surface area contributed by atoms with Gasteiger partial charge in [0.1, 0.15) is 0 Å². The predicted octanol–water partition coefficient (Wildman–Crippen LogP) is 2.80. The summed E-state index contributed by atoms with van der Waals surface area (Å²) in [4.78, 5) is 35.2. The van der Waals surface area contributed by atoms with Crippen LogP contribution in [0.25, 0.3) is 11.1 Å². The van der Waals surface area contributed by atoms with E-state index < -0.39 is 5.91 Å². The zero-order valence-corrected chi connectivity index (χ0v) is 15.8. The Bertz CT molecular complexity index is 1070. The molecule has 3 aromatic rings. The first-order valence-corrected chi connectivity index (χ1v) is 9.43. The average Bonchev–Trinajstić information content (AvgIpc) is 3.23. The van der Waals surface area contributed by atoms with Crippen molar-refractivity contribution in [2.24, 2.45) is 5.73 Å². The van der Waals surface area contributed by atoms with Crippen LogP contribution in [-0.4, -0.2) is 33.2 Å². The Morgan fingerprint density at radius 2 is 1.79 bits per heavy atom. The van der Waals surface area contributed by atoms with E-state index in [-0.39, 0.29) is 17.9 Å². The van der Waals surface area contributed by atoms with Gasteiger partial charge >= 0.3 is 0 Å². The van der Waals surface area contributed by atoms with Gasteiger partial charge in [0.05, 0.1) is 11.7 Å². The molecule has 29 heavy (non-hydrogen) atoms. The van der Waals surface area contributed by atoms with Gasteiger partial charge in [-0.15, -0.1) is 0 Å². The standard InChI is InChI=1S/C22H21N5O2/c23-20(28)16-9-4-8-15(12-16)17-13-25-22(24)26-19(17)18-10-5-11-27(18)21(29)14-6-2-1-3-7-14/h1-4,6-9,12-13,18H,5,10-11H2,(H2,23,28)(H2,24,25,26)/t18-/m1/s1. The third-order valence-corrected chi connectivity index (χ3v) is 5.15. The van der Waals surface area contributed by atoms with Gasteiger partial charge in [-0.2, -0.15) is 0 Å². The van der Waals surface area contributed by atoms with Crippen molar-refractivity contribution in [3.8, 4) is 11.1 Å². The molecule has 146 valence electrons. The molecule has 1 aliphatic heterocycles. The predicted molar refractivity (Wildman–Crippen MR) is 110 cm³/mol. The number of rotatable bonds is 4. The summed E-state index contributed by atoms with van der Waals surface area (Å²) < 4.78 is 0. The molecule has 0 unspecified atom stereocenters. The number of primary amides is 1. The smallest absolute Gasteiger partial charge is 0.254 e. The van der Waals surface area contributed by atoms with Crippen LogP contribution in [0, 0.1) is 0 Å². The maximum absolute atomic E-state index is 13.1. The number of nitrogens with zero attached hydrogens (tertiary/aromatic N) is 3. The molecule has 0 bridgehead atoms. The topological polar surface area (TPSA) is 115 Å². The first kappa shape index (κ1) is 18.6. The molecule has 7 nitrogen and oxygen atoms in total. The van der Waals surface area contributed by atoms with Crippen LogP contribution in [0.1, 0.15) is 45.3 Å². The Morgan fingerprint density at radius 1 is 1.03 bits per heavy atom.